The molecule has 2 radical (unpaired) electrons. The number of rotatable bonds is 3. The number of hydrogen-bond donors (Lipinski definition) is 1. The van der Waals surface area contributed by atoms with Gasteiger partial charge in [-0.3, -0.25) is 5.26 Å². The van der Waals surface area contributed by atoms with Crippen LogP contribution in [0.15, 0.2) is 0 Å². The van der Waals surface area contributed by atoms with Crippen LogP contribution in [-0.4, -0.2) is 55.5 Å². The van der Waals surface area contributed by atoms with Crippen molar-refractivity contribution < 1.29 is 19.6 Å². The fraction of sp³-hybridized carbons (Fsp3) is 1.00. The van der Waals surface area contributed by atoms with Crippen molar-refractivity contribution in [3.63, 3.8) is 0 Å². The fourth-order valence-electron chi connectivity index (χ4n) is 1.97. The summed E-state index contributed by atoms with van der Waals surface area (Å²) >= 11 is 1.66. The molecule has 2 aliphatic heterocycles. The molecule has 0 saturated carbocycles. The summed E-state index contributed by atoms with van der Waals surface area (Å²) in [5, 5.41) is 8.77. The Morgan fingerprint density at radius 1 is 1.77 bits per heavy atom. The Morgan fingerprint density at radius 2 is 2.54 bits per heavy atom. The van der Waals surface area contributed by atoms with Crippen molar-refractivity contribution in [2.75, 3.05) is 19.5 Å². The number of methoxy groups -OCH3 is 1. The molecule has 0 spiro atoms. The minimum absolute atomic E-state index is 0.0140. The molecule has 72 valence electrons. The number of hydrogen-bond acceptors (Lipinski definition) is 5. The summed E-state index contributed by atoms with van der Waals surface area (Å²) in [6.07, 6.45) is -0.368. The third-order valence-corrected chi connectivity index (χ3v) is 4.09. The highest BCUT2D eigenvalue weighted by Crippen LogP contribution is 2.48. The highest BCUT2D eigenvalue weighted by Gasteiger charge is 2.60. The largest absolute Gasteiger partial charge is 0.382 e. The van der Waals surface area contributed by atoms with Crippen LogP contribution in [0.4, 0.5) is 0 Å². The first-order chi connectivity index (χ1) is 6.23. The van der Waals surface area contributed by atoms with Gasteiger partial charge in [0.1, 0.15) is 19.6 Å². The second-order valence-electron chi connectivity index (χ2n) is 3.38. The molecule has 2 saturated heterocycles. The van der Waals surface area contributed by atoms with Crippen LogP contribution in [0.2, 0.25) is 0 Å². The lowest BCUT2D eigenvalue weighted by Gasteiger charge is -2.29. The van der Waals surface area contributed by atoms with E-state index in [1.54, 1.807) is 18.9 Å². The van der Waals surface area contributed by atoms with E-state index < -0.39 is 5.60 Å². The van der Waals surface area contributed by atoms with Crippen LogP contribution in [0.3, 0.4) is 0 Å². The van der Waals surface area contributed by atoms with E-state index >= 15 is 0 Å². The summed E-state index contributed by atoms with van der Waals surface area (Å²) in [6.45, 7) is 0.398. The standard InChI is InChI=1S/C7H11BO4S/c1-10-2-7-3-13-4(5(7)12-9)6(8)11-7/h4-6,9H,2-3H2,1H3/t4?,5?,6-,7-/m1/s1. The third kappa shape index (κ3) is 1.32. The molecule has 13 heavy (non-hydrogen) atoms. The molecule has 2 fully saturated rings. The van der Waals surface area contributed by atoms with E-state index in [2.05, 4.69) is 4.89 Å². The summed E-state index contributed by atoms with van der Waals surface area (Å²) in [5.41, 5.74) is -0.557. The molecule has 0 aliphatic carbocycles. The van der Waals surface area contributed by atoms with E-state index in [-0.39, 0.29) is 17.4 Å². The van der Waals surface area contributed by atoms with Crippen molar-refractivity contribution in [3.05, 3.63) is 0 Å². The van der Waals surface area contributed by atoms with E-state index in [0.29, 0.717) is 6.61 Å². The Bertz CT molecular complexity index is 205. The molecule has 4 atom stereocenters. The lowest BCUT2D eigenvalue weighted by Crippen LogP contribution is -2.45. The second-order valence-corrected chi connectivity index (χ2v) is 4.55. The quantitative estimate of drug-likeness (QED) is 0.392. The molecular formula is C7H11BO4S. The first-order valence-corrected chi connectivity index (χ1v) is 5.12. The molecule has 1 N–H and O–H groups in total. The molecule has 2 aliphatic rings. The molecule has 2 rings (SSSR count). The molecule has 6 heteroatoms. The van der Waals surface area contributed by atoms with Gasteiger partial charge in [0.25, 0.3) is 0 Å². The van der Waals surface area contributed by atoms with E-state index in [0.717, 1.165) is 5.75 Å². The highest BCUT2D eigenvalue weighted by molar-refractivity contribution is 8.00. The van der Waals surface area contributed by atoms with Gasteiger partial charge in [0.15, 0.2) is 0 Å². The molecule has 0 aromatic rings. The summed E-state index contributed by atoms with van der Waals surface area (Å²) in [7, 11) is 7.30. The van der Waals surface area contributed by atoms with Gasteiger partial charge in [-0.15, -0.1) is 0 Å². The minimum Gasteiger partial charge on any atom is -0.382 e. The van der Waals surface area contributed by atoms with Crippen molar-refractivity contribution in [3.8, 4) is 0 Å². The van der Waals surface area contributed by atoms with Crippen molar-refractivity contribution in [1.82, 2.24) is 0 Å². The van der Waals surface area contributed by atoms with Gasteiger partial charge in [0, 0.05) is 18.9 Å². The lowest BCUT2D eigenvalue weighted by atomic mass is 9.93. The van der Waals surface area contributed by atoms with Gasteiger partial charge in [0.05, 0.1) is 11.9 Å². The van der Waals surface area contributed by atoms with Crippen LogP contribution in [-0.2, 0) is 14.4 Å². The predicted octanol–water partition coefficient (Wildman–Crippen LogP) is -0.130. The summed E-state index contributed by atoms with van der Waals surface area (Å²) in [5.74, 6) is 0.754. The monoisotopic (exact) mass is 202 g/mol. The maximum atomic E-state index is 8.75. The van der Waals surface area contributed by atoms with E-state index in [9.17, 15) is 0 Å². The summed E-state index contributed by atoms with van der Waals surface area (Å²) in [6, 6.07) is -0.369. The molecule has 2 bridgehead atoms. The number of fused-ring (bicyclic) bond motifs is 2. The zero-order valence-electron chi connectivity index (χ0n) is 7.30. The molecule has 4 nitrogen and oxygen atoms in total. The van der Waals surface area contributed by atoms with Crippen molar-refractivity contribution in [1.29, 1.82) is 0 Å². The van der Waals surface area contributed by atoms with Crippen molar-refractivity contribution in [2.45, 2.75) is 23.0 Å². The van der Waals surface area contributed by atoms with Gasteiger partial charge in [-0.1, -0.05) is 0 Å². The zero-order valence-corrected chi connectivity index (χ0v) is 8.12. The molecule has 0 aromatic heterocycles. The van der Waals surface area contributed by atoms with Gasteiger partial charge in [-0.05, 0) is 0 Å². The average Bonchev–Trinajstić information content (AvgIpc) is 2.55. The van der Waals surface area contributed by atoms with Gasteiger partial charge in [0.2, 0.25) is 0 Å². The van der Waals surface area contributed by atoms with Crippen LogP contribution in [0.25, 0.3) is 0 Å². The molecule has 0 aromatic carbocycles. The Morgan fingerprint density at radius 3 is 3.08 bits per heavy atom. The molecule has 2 heterocycles. The van der Waals surface area contributed by atoms with Gasteiger partial charge >= 0.3 is 0 Å². The van der Waals surface area contributed by atoms with Crippen LogP contribution in [0.5, 0.6) is 0 Å². The van der Waals surface area contributed by atoms with E-state index in [4.69, 9.17) is 22.6 Å². The van der Waals surface area contributed by atoms with Gasteiger partial charge < -0.3 is 9.47 Å². The van der Waals surface area contributed by atoms with Crippen LogP contribution in [0.1, 0.15) is 0 Å². The van der Waals surface area contributed by atoms with Gasteiger partial charge in [-0.25, -0.2) is 4.89 Å². The Kier molecular flexibility index (Phi) is 2.59. The van der Waals surface area contributed by atoms with Crippen LogP contribution < -0.4 is 0 Å². The molecule has 0 amide bonds. The molecule has 2 unspecified atom stereocenters. The zero-order chi connectivity index (χ0) is 9.47. The minimum atomic E-state index is -0.557. The summed E-state index contributed by atoms with van der Waals surface area (Å²) in [4.78, 5) is 4.42. The fourth-order valence-corrected chi connectivity index (χ4v) is 3.48. The third-order valence-electron chi connectivity index (χ3n) is 2.53. The van der Waals surface area contributed by atoms with Crippen molar-refractivity contribution in [2.24, 2.45) is 0 Å². The van der Waals surface area contributed by atoms with Gasteiger partial charge in [-0.2, -0.15) is 11.8 Å². The average molecular weight is 202 g/mol. The van der Waals surface area contributed by atoms with E-state index in [1.165, 1.54) is 0 Å². The highest BCUT2D eigenvalue weighted by atomic mass is 32.2. The van der Waals surface area contributed by atoms with E-state index in [1.807, 2.05) is 0 Å². The number of ether oxygens (including phenoxy) is 2. The Balaban J connectivity index is 2.17. The topological polar surface area (TPSA) is 47.9 Å². The predicted molar refractivity (Wildman–Crippen MR) is 49.0 cm³/mol. The first-order valence-electron chi connectivity index (χ1n) is 4.08. The normalized spacial score (nSPS) is 48.6. The second kappa shape index (κ2) is 3.44. The number of thioether (sulfide) groups is 1. The summed E-state index contributed by atoms with van der Waals surface area (Å²) < 4.78 is 10.6. The first kappa shape index (κ1) is 9.80. The Labute approximate surface area is 82.3 Å². The van der Waals surface area contributed by atoms with Crippen LogP contribution >= 0.6 is 11.8 Å². The lowest BCUT2D eigenvalue weighted by molar-refractivity contribution is -0.299. The molecular weight excluding hydrogens is 191 g/mol. The Hall–Kier alpha value is 0.255. The maximum Gasteiger partial charge on any atom is 0.138 e. The SMILES string of the molecule is [B][C@@H]1O[C@]2(COC)CSC1C2OO. The maximum absolute atomic E-state index is 8.75. The van der Waals surface area contributed by atoms with Crippen molar-refractivity contribution >= 4 is 19.6 Å². The van der Waals surface area contributed by atoms with Crippen LogP contribution in [0, 0.1) is 0 Å². The smallest absolute Gasteiger partial charge is 0.138 e.